The van der Waals surface area contributed by atoms with Gasteiger partial charge in [-0.05, 0) is 41.8 Å². The number of carbonyl (C=O) groups excluding carboxylic acids is 2. The van der Waals surface area contributed by atoms with Crippen molar-refractivity contribution in [2.24, 2.45) is 4.99 Å². The Bertz CT molecular complexity index is 884. The van der Waals surface area contributed by atoms with E-state index in [4.69, 9.17) is 9.47 Å². The van der Waals surface area contributed by atoms with E-state index >= 15 is 0 Å². The summed E-state index contributed by atoms with van der Waals surface area (Å²) in [6.07, 6.45) is 0.792. The van der Waals surface area contributed by atoms with Gasteiger partial charge in [-0.2, -0.15) is 0 Å². The molecule has 0 radical (unpaired) electrons. The van der Waals surface area contributed by atoms with E-state index in [9.17, 15) is 9.59 Å². The van der Waals surface area contributed by atoms with Gasteiger partial charge >= 0.3 is 5.97 Å². The summed E-state index contributed by atoms with van der Waals surface area (Å²) >= 11 is 0. The number of rotatable bonds is 9. The minimum Gasteiger partial charge on any atom is -0.497 e. The normalized spacial score (nSPS) is 10.6. The van der Waals surface area contributed by atoms with E-state index in [0.29, 0.717) is 24.6 Å². The maximum Gasteiger partial charge on any atom is 0.337 e. The lowest BCUT2D eigenvalue weighted by molar-refractivity contribution is -0.127. The van der Waals surface area contributed by atoms with E-state index in [2.05, 4.69) is 15.6 Å². The molecule has 174 valence electrons. The lowest BCUT2D eigenvalue weighted by atomic mass is 10.1. The maximum absolute atomic E-state index is 11.9. The molecule has 0 fully saturated rings. The summed E-state index contributed by atoms with van der Waals surface area (Å²) in [5, 5.41) is 6.33. The van der Waals surface area contributed by atoms with Crippen molar-refractivity contribution >= 4 is 41.8 Å². The molecule has 8 nitrogen and oxygen atoms in total. The Kier molecular flexibility index (Phi) is 12.1. The topological polar surface area (TPSA) is 92.3 Å². The lowest BCUT2D eigenvalue weighted by Gasteiger charge is -2.15. The molecule has 9 heteroatoms. The van der Waals surface area contributed by atoms with E-state index in [1.807, 2.05) is 36.4 Å². The molecule has 0 heterocycles. The second-order valence-corrected chi connectivity index (χ2v) is 7.02. The van der Waals surface area contributed by atoms with E-state index < -0.39 is 0 Å². The molecule has 0 saturated carbocycles. The van der Waals surface area contributed by atoms with Gasteiger partial charge in [-0.1, -0.05) is 24.3 Å². The Labute approximate surface area is 206 Å². The van der Waals surface area contributed by atoms with Crippen molar-refractivity contribution in [1.29, 1.82) is 0 Å². The molecular weight excluding hydrogens is 523 g/mol. The molecule has 0 spiro atoms. The molecule has 0 saturated heterocycles. The number of likely N-dealkylation sites (N-methyl/N-ethyl adjacent to an activating group) is 1. The maximum atomic E-state index is 11.9. The van der Waals surface area contributed by atoms with Crippen molar-refractivity contribution in [3.05, 3.63) is 65.2 Å². The Morgan fingerprint density at radius 3 is 2.12 bits per heavy atom. The van der Waals surface area contributed by atoms with Crippen LogP contribution in [-0.4, -0.2) is 64.1 Å². The predicted molar refractivity (Wildman–Crippen MR) is 136 cm³/mol. The van der Waals surface area contributed by atoms with Crippen molar-refractivity contribution in [3.63, 3.8) is 0 Å². The smallest absolute Gasteiger partial charge is 0.337 e. The lowest BCUT2D eigenvalue weighted by Crippen LogP contribution is -2.43. The van der Waals surface area contributed by atoms with E-state index in [1.54, 1.807) is 33.3 Å². The van der Waals surface area contributed by atoms with E-state index in [0.717, 1.165) is 23.3 Å². The van der Waals surface area contributed by atoms with Crippen LogP contribution in [0.3, 0.4) is 0 Å². The number of carbonyl (C=O) groups is 2. The minimum atomic E-state index is -0.375. The fourth-order valence-electron chi connectivity index (χ4n) is 2.64. The number of aliphatic imine (C=N–C) groups is 1. The van der Waals surface area contributed by atoms with Crippen LogP contribution < -0.4 is 15.4 Å². The van der Waals surface area contributed by atoms with E-state index in [-0.39, 0.29) is 42.4 Å². The minimum absolute atomic E-state index is 0. The zero-order valence-electron chi connectivity index (χ0n) is 18.9. The molecule has 2 N–H and O–H groups in total. The Hall–Kier alpha value is -2.82. The summed E-state index contributed by atoms with van der Waals surface area (Å²) < 4.78 is 9.89. The second kappa shape index (κ2) is 14.3. The van der Waals surface area contributed by atoms with Crippen LogP contribution in [-0.2, 0) is 22.5 Å². The van der Waals surface area contributed by atoms with Crippen LogP contribution in [0.2, 0.25) is 0 Å². The number of amides is 1. The molecule has 0 unspecified atom stereocenters. The molecular formula is C23H31IN4O4. The summed E-state index contributed by atoms with van der Waals surface area (Å²) in [5.74, 6) is 0.939. The first-order valence-electron chi connectivity index (χ1n) is 9.95. The highest BCUT2D eigenvalue weighted by Crippen LogP contribution is 2.11. The van der Waals surface area contributed by atoms with Crippen molar-refractivity contribution in [1.82, 2.24) is 15.5 Å². The molecule has 32 heavy (non-hydrogen) atoms. The first kappa shape index (κ1) is 27.2. The van der Waals surface area contributed by atoms with Crippen LogP contribution in [0.5, 0.6) is 5.75 Å². The number of guanidine groups is 1. The zero-order chi connectivity index (χ0) is 22.6. The van der Waals surface area contributed by atoms with Crippen molar-refractivity contribution in [2.45, 2.75) is 13.0 Å². The van der Waals surface area contributed by atoms with Gasteiger partial charge in [0.05, 0.1) is 32.9 Å². The first-order valence-corrected chi connectivity index (χ1v) is 9.95. The summed E-state index contributed by atoms with van der Waals surface area (Å²) in [6, 6.07) is 15.0. The highest BCUT2D eigenvalue weighted by molar-refractivity contribution is 14.0. The van der Waals surface area contributed by atoms with Gasteiger partial charge < -0.3 is 25.0 Å². The standard InChI is InChI=1S/C23H30N4O4.HI/c1-27(2)21(28)16-26-23(24-14-13-17-7-11-20(30-3)12-8-17)25-15-18-5-9-19(10-6-18)22(29)31-4;/h5-12H,13-16H2,1-4H3,(H2,24,25,26);1H. The van der Waals surface area contributed by atoms with Crippen LogP contribution >= 0.6 is 24.0 Å². The number of halogens is 1. The summed E-state index contributed by atoms with van der Waals surface area (Å²) in [5.41, 5.74) is 2.58. The van der Waals surface area contributed by atoms with Gasteiger partial charge in [-0.15, -0.1) is 24.0 Å². The Morgan fingerprint density at radius 2 is 1.56 bits per heavy atom. The second-order valence-electron chi connectivity index (χ2n) is 7.02. The average molecular weight is 554 g/mol. The molecule has 0 aliphatic carbocycles. The third-order valence-corrected chi connectivity index (χ3v) is 4.57. The number of hydrogen-bond acceptors (Lipinski definition) is 5. The van der Waals surface area contributed by atoms with Gasteiger partial charge in [0.15, 0.2) is 5.96 Å². The van der Waals surface area contributed by atoms with Crippen molar-refractivity contribution in [2.75, 3.05) is 41.4 Å². The predicted octanol–water partition coefficient (Wildman–Crippen LogP) is 2.47. The molecule has 2 aromatic carbocycles. The SMILES string of the molecule is COC(=O)c1ccc(CN=C(NCCc2ccc(OC)cc2)NCC(=O)N(C)C)cc1.I. The fourth-order valence-corrected chi connectivity index (χ4v) is 2.64. The van der Waals surface area contributed by atoms with Gasteiger partial charge in [-0.3, -0.25) is 4.79 Å². The molecule has 1 amide bonds. The Balaban J connectivity index is 0.00000512. The molecule has 0 bridgehead atoms. The zero-order valence-corrected chi connectivity index (χ0v) is 21.2. The summed E-state index contributed by atoms with van der Waals surface area (Å²) in [7, 11) is 6.41. The number of methoxy groups -OCH3 is 2. The number of nitrogens with one attached hydrogen (secondary N) is 2. The van der Waals surface area contributed by atoms with Crippen LogP contribution in [0.4, 0.5) is 0 Å². The monoisotopic (exact) mass is 554 g/mol. The first-order chi connectivity index (χ1) is 14.9. The van der Waals surface area contributed by atoms with Crippen molar-refractivity contribution in [3.8, 4) is 5.75 Å². The molecule has 0 aromatic heterocycles. The summed E-state index contributed by atoms with van der Waals surface area (Å²) in [4.78, 5) is 29.6. The number of esters is 1. The van der Waals surface area contributed by atoms with Crippen LogP contribution in [0.15, 0.2) is 53.5 Å². The number of nitrogens with zero attached hydrogens (tertiary/aromatic N) is 2. The third-order valence-electron chi connectivity index (χ3n) is 4.57. The summed E-state index contributed by atoms with van der Waals surface area (Å²) in [6.45, 7) is 1.19. The molecule has 0 aliphatic heterocycles. The number of ether oxygens (including phenoxy) is 2. The quantitative estimate of drug-likeness (QED) is 0.214. The van der Waals surface area contributed by atoms with Gasteiger partial charge in [0, 0.05) is 20.6 Å². The third kappa shape index (κ3) is 9.13. The fraction of sp³-hybridized carbons (Fsp3) is 0.348. The van der Waals surface area contributed by atoms with Crippen molar-refractivity contribution < 1.29 is 19.1 Å². The van der Waals surface area contributed by atoms with Gasteiger partial charge in [0.1, 0.15) is 5.75 Å². The van der Waals surface area contributed by atoms with Gasteiger partial charge in [0.2, 0.25) is 5.91 Å². The van der Waals surface area contributed by atoms with Gasteiger partial charge in [-0.25, -0.2) is 9.79 Å². The molecule has 2 aromatic rings. The van der Waals surface area contributed by atoms with Gasteiger partial charge in [0.25, 0.3) is 0 Å². The molecule has 0 atom stereocenters. The molecule has 0 aliphatic rings. The van der Waals surface area contributed by atoms with Crippen LogP contribution in [0, 0.1) is 0 Å². The number of hydrogen-bond donors (Lipinski definition) is 2. The molecule has 2 rings (SSSR count). The average Bonchev–Trinajstić information content (AvgIpc) is 2.80. The largest absolute Gasteiger partial charge is 0.497 e. The van der Waals surface area contributed by atoms with Crippen LogP contribution in [0.1, 0.15) is 21.5 Å². The number of benzene rings is 2. The highest BCUT2D eigenvalue weighted by atomic mass is 127. The van der Waals surface area contributed by atoms with Crippen LogP contribution in [0.25, 0.3) is 0 Å². The highest BCUT2D eigenvalue weighted by Gasteiger charge is 2.07. The van der Waals surface area contributed by atoms with E-state index in [1.165, 1.54) is 12.0 Å². The Morgan fingerprint density at radius 1 is 0.938 bits per heavy atom.